The van der Waals surface area contributed by atoms with Crippen LogP contribution in [0.2, 0.25) is 0 Å². The van der Waals surface area contributed by atoms with Gasteiger partial charge >= 0.3 is 0 Å². The van der Waals surface area contributed by atoms with Gasteiger partial charge in [0.2, 0.25) is 0 Å². The average Bonchev–Trinajstić information content (AvgIpc) is 2.75. The summed E-state index contributed by atoms with van der Waals surface area (Å²) in [6.45, 7) is 2.24. The second-order valence-corrected chi connectivity index (χ2v) is 9.92. The van der Waals surface area contributed by atoms with E-state index in [-0.39, 0.29) is 22.1 Å². The number of hydrogen-bond donors (Lipinski definition) is 2. The van der Waals surface area contributed by atoms with Crippen LogP contribution >= 0.6 is 0 Å². The molecule has 0 saturated carbocycles. The topological polar surface area (TPSA) is 83.8 Å². The third-order valence-electron chi connectivity index (χ3n) is 5.65. The van der Waals surface area contributed by atoms with Crippen molar-refractivity contribution in [3.63, 3.8) is 0 Å². The highest BCUT2D eigenvalue weighted by atomic mass is 32.2. The normalized spacial score (nSPS) is 11.6. The number of benzene rings is 2. The first-order valence-corrected chi connectivity index (χ1v) is 13.4. The summed E-state index contributed by atoms with van der Waals surface area (Å²) in [5.41, 5.74) is 0.789. The van der Waals surface area contributed by atoms with Crippen molar-refractivity contribution in [2.75, 3.05) is 0 Å². The van der Waals surface area contributed by atoms with E-state index in [2.05, 4.69) is 6.92 Å². The quantitative estimate of drug-likeness (QED) is 0.197. The molecule has 178 valence electrons. The molecular formula is C26H38O5S. The van der Waals surface area contributed by atoms with Crippen LogP contribution in [-0.4, -0.2) is 18.1 Å². The fourth-order valence-electron chi connectivity index (χ4n) is 3.82. The molecule has 2 aromatic rings. The summed E-state index contributed by atoms with van der Waals surface area (Å²) in [5.74, 6) is 0.471. The van der Waals surface area contributed by atoms with E-state index < -0.39 is 10.1 Å². The van der Waals surface area contributed by atoms with Crippen LogP contribution in [-0.2, 0) is 16.5 Å². The Morgan fingerprint density at radius 2 is 1.34 bits per heavy atom. The smallest absolute Gasteiger partial charge is 0.294 e. The summed E-state index contributed by atoms with van der Waals surface area (Å²) in [6, 6.07) is 11.0. The van der Waals surface area contributed by atoms with Crippen LogP contribution in [0.1, 0.15) is 89.5 Å². The molecule has 0 aliphatic heterocycles. The van der Waals surface area contributed by atoms with Crippen LogP contribution in [0, 0.1) is 0 Å². The van der Waals surface area contributed by atoms with Gasteiger partial charge < -0.3 is 9.84 Å². The molecule has 0 unspecified atom stereocenters. The Labute approximate surface area is 193 Å². The molecule has 0 radical (unpaired) electrons. The van der Waals surface area contributed by atoms with Gasteiger partial charge in [-0.2, -0.15) is 8.42 Å². The minimum absolute atomic E-state index is 0.0349. The van der Waals surface area contributed by atoms with Gasteiger partial charge in [-0.15, -0.1) is 0 Å². The average molecular weight is 463 g/mol. The SMILES string of the molecule is CCCCCCCCCCCCCCc1cc(Oc2ccccc2O)cc(S(=O)(=O)O)c1. The van der Waals surface area contributed by atoms with E-state index in [4.69, 9.17) is 4.74 Å². The molecule has 0 heterocycles. The molecule has 6 heteroatoms. The van der Waals surface area contributed by atoms with E-state index in [1.807, 2.05) is 0 Å². The molecular weight excluding hydrogens is 424 g/mol. The van der Waals surface area contributed by atoms with Gasteiger partial charge in [-0.25, -0.2) is 0 Å². The maximum atomic E-state index is 11.7. The summed E-state index contributed by atoms with van der Waals surface area (Å²) >= 11 is 0. The van der Waals surface area contributed by atoms with E-state index in [0.717, 1.165) is 18.4 Å². The maximum Gasteiger partial charge on any atom is 0.294 e. The van der Waals surface area contributed by atoms with Gasteiger partial charge in [0.25, 0.3) is 10.1 Å². The predicted octanol–water partition coefficient (Wildman–Crippen LogP) is 7.67. The Bertz CT molecular complexity index is 908. The third kappa shape index (κ3) is 10.0. The number of unbranched alkanes of at least 4 members (excludes halogenated alkanes) is 11. The van der Waals surface area contributed by atoms with E-state index in [1.54, 1.807) is 24.3 Å². The predicted molar refractivity (Wildman–Crippen MR) is 129 cm³/mol. The van der Waals surface area contributed by atoms with Crippen LogP contribution < -0.4 is 4.74 Å². The fraction of sp³-hybridized carbons (Fsp3) is 0.538. The summed E-state index contributed by atoms with van der Waals surface area (Å²) in [6.07, 6.45) is 15.8. The lowest BCUT2D eigenvalue weighted by molar-refractivity contribution is 0.410. The van der Waals surface area contributed by atoms with Crippen molar-refractivity contribution in [2.45, 2.75) is 95.3 Å². The van der Waals surface area contributed by atoms with Crippen molar-refractivity contribution < 1.29 is 22.8 Å². The first-order chi connectivity index (χ1) is 15.4. The van der Waals surface area contributed by atoms with Crippen LogP contribution in [0.4, 0.5) is 0 Å². The van der Waals surface area contributed by atoms with Crippen molar-refractivity contribution in [2.24, 2.45) is 0 Å². The van der Waals surface area contributed by atoms with Crippen molar-refractivity contribution in [1.82, 2.24) is 0 Å². The third-order valence-corrected chi connectivity index (χ3v) is 6.48. The molecule has 0 aromatic heterocycles. The Morgan fingerprint density at radius 1 is 0.781 bits per heavy atom. The number of rotatable bonds is 16. The minimum atomic E-state index is -4.35. The van der Waals surface area contributed by atoms with Gasteiger partial charge in [-0.1, -0.05) is 89.7 Å². The van der Waals surface area contributed by atoms with Crippen LogP contribution in [0.5, 0.6) is 17.2 Å². The molecule has 0 bridgehead atoms. The Balaban J connectivity index is 1.78. The molecule has 0 saturated heterocycles. The molecule has 5 nitrogen and oxygen atoms in total. The lowest BCUT2D eigenvalue weighted by Gasteiger charge is -2.11. The zero-order valence-corrected chi connectivity index (χ0v) is 20.1. The minimum Gasteiger partial charge on any atom is -0.504 e. The molecule has 0 amide bonds. The Kier molecular flexibility index (Phi) is 11.6. The van der Waals surface area contributed by atoms with Gasteiger partial charge in [0.1, 0.15) is 5.75 Å². The summed E-state index contributed by atoms with van der Waals surface area (Å²) in [5, 5.41) is 9.90. The maximum absolute atomic E-state index is 11.7. The summed E-state index contributed by atoms with van der Waals surface area (Å²) < 4.78 is 38.5. The second-order valence-electron chi connectivity index (χ2n) is 8.50. The molecule has 0 spiro atoms. The molecule has 0 aliphatic carbocycles. The highest BCUT2D eigenvalue weighted by Crippen LogP contribution is 2.32. The van der Waals surface area contributed by atoms with Gasteiger partial charge in [-0.05, 0) is 42.7 Å². The lowest BCUT2D eigenvalue weighted by atomic mass is 10.0. The van der Waals surface area contributed by atoms with Crippen molar-refractivity contribution in [1.29, 1.82) is 0 Å². The van der Waals surface area contributed by atoms with Crippen LogP contribution in [0.25, 0.3) is 0 Å². The molecule has 0 aliphatic rings. The summed E-state index contributed by atoms with van der Waals surface area (Å²) in [4.78, 5) is -0.195. The van der Waals surface area contributed by atoms with Gasteiger partial charge in [0.15, 0.2) is 11.5 Å². The standard InChI is InChI=1S/C26H38O5S/c1-2-3-4-5-6-7-8-9-10-11-12-13-16-22-19-23(21-24(20-22)32(28,29)30)31-26-18-15-14-17-25(26)27/h14-15,17-21,27H,2-13,16H2,1H3,(H,28,29,30). The Hall–Kier alpha value is -2.05. The van der Waals surface area contributed by atoms with Crippen molar-refractivity contribution in [3.05, 3.63) is 48.0 Å². The molecule has 32 heavy (non-hydrogen) atoms. The van der Waals surface area contributed by atoms with E-state index in [1.165, 1.54) is 82.4 Å². The largest absolute Gasteiger partial charge is 0.504 e. The van der Waals surface area contributed by atoms with Gasteiger partial charge in [0.05, 0.1) is 4.90 Å². The van der Waals surface area contributed by atoms with Crippen molar-refractivity contribution >= 4 is 10.1 Å². The highest BCUT2D eigenvalue weighted by Gasteiger charge is 2.14. The lowest BCUT2D eigenvalue weighted by Crippen LogP contribution is -2.00. The molecule has 0 atom stereocenters. The van der Waals surface area contributed by atoms with Gasteiger partial charge in [0, 0.05) is 6.07 Å². The number of aryl methyl sites for hydroxylation is 1. The number of para-hydroxylation sites is 2. The molecule has 2 N–H and O–H groups in total. The number of hydrogen-bond acceptors (Lipinski definition) is 4. The number of phenols is 1. The second kappa shape index (κ2) is 14.2. The van der Waals surface area contributed by atoms with Crippen LogP contribution in [0.3, 0.4) is 0 Å². The highest BCUT2D eigenvalue weighted by molar-refractivity contribution is 7.85. The van der Waals surface area contributed by atoms with E-state index in [0.29, 0.717) is 6.42 Å². The summed E-state index contributed by atoms with van der Waals surface area (Å²) in [7, 11) is -4.35. The zero-order chi connectivity index (χ0) is 23.2. The first kappa shape index (κ1) is 26.2. The Morgan fingerprint density at radius 3 is 1.91 bits per heavy atom. The van der Waals surface area contributed by atoms with Gasteiger partial charge in [-0.3, -0.25) is 4.55 Å². The number of ether oxygens (including phenoxy) is 1. The molecule has 0 fully saturated rings. The molecule has 2 rings (SSSR count). The first-order valence-electron chi connectivity index (χ1n) is 12.0. The molecule has 2 aromatic carbocycles. The van der Waals surface area contributed by atoms with E-state index >= 15 is 0 Å². The monoisotopic (exact) mass is 462 g/mol. The zero-order valence-electron chi connectivity index (χ0n) is 19.3. The fourth-order valence-corrected chi connectivity index (χ4v) is 4.39. The number of phenolic OH excluding ortho intramolecular Hbond substituents is 1. The van der Waals surface area contributed by atoms with Crippen molar-refractivity contribution in [3.8, 4) is 17.2 Å². The number of aromatic hydroxyl groups is 1. The van der Waals surface area contributed by atoms with Crippen LogP contribution in [0.15, 0.2) is 47.4 Å². The van der Waals surface area contributed by atoms with E-state index in [9.17, 15) is 18.1 Å².